The van der Waals surface area contributed by atoms with Gasteiger partial charge in [-0.1, -0.05) is 0 Å². The molecule has 3 aliphatic rings. The van der Waals surface area contributed by atoms with Crippen LogP contribution >= 0.6 is 0 Å². The molecule has 1 saturated carbocycles. The Labute approximate surface area is 150 Å². The highest BCUT2D eigenvalue weighted by Crippen LogP contribution is 2.45. The van der Waals surface area contributed by atoms with E-state index in [-0.39, 0.29) is 11.3 Å². The SMILES string of the molecule is CC(=O)N1C[C@@H](COCC2CC2)C2(CCN(Cc3ccco3)CC2)C1. The van der Waals surface area contributed by atoms with Gasteiger partial charge in [0.2, 0.25) is 5.91 Å². The molecular weight excluding hydrogens is 316 g/mol. The summed E-state index contributed by atoms with van der Waals surface area (Å²) in [5, 5.41) is 0. The first-order valence-electron chi connectivity index (χ1n) is 9.73. The molecule has 1 aliphatic carbocycles. The number of amides is 1. The summed E-state index contributed by atoms with van der Waals surface area (Å²) in [6.45, 7) is 8.26. The molecule has 2 saturated heterocycles. The number of carbonyl (C=O) groups excluding carboxylic acids is 1. The Morgan fingerprint density at radius 2 is 2.12 bits per heavy atom. The second-order valence-corrected chi connectivity index (χ2v) is 8.30. The van der Waals surface area contributed by atoms with E-state index in [2.05, 4.69) is 4.90 Å². The maximum absolute atomic E-state index is 11.9. The van der Waals surface area contributed by atoms with E-state index in [0.29, 0.717) is 5.92 Å². The molecule has 1 atom stereocenters. The first-order valence-corrected chi connectivity index (χ1v) is 9.73. The third-order valence-corrected chi connectivity index (χ3v) is 6.44. The van der Waals surface area contributed by atoms with Crippen LogP contribution in [0, 0.1) is 17.3 Å². The molecular formula is C20H30N2O3. The largest absolute Gasteiger partial charge is 0.468 e. The molecule has 0 N–H and O–H groups in total. The Morgan fingerprint density at radius 3 is 2.76 bits per heavy atom. The maximum Gasteiger partial charge on any atom is 0.219 e. The Bertz CT molecular complexity index is 574. The van der Waals surface area contributed by atoms with Crippen molar-refractivity contribution in [1.29, 1.82) is 0 Å². The average Bonchev–Trinajstić information content (AvgIpc) is 3.15. The first kappa shape index (κ1) is 17.1. The van der Waals surface area contributed by atoms with Crippen LogP contribution in [0.2, 0.25) is 0 Å². The predicted octanol–water partition coefficient (Wildman–Crippen LogP) is 2.77. The van der Waals surface area contributed by atoms with E-state index in [0.717, 1.165) is 70.5 Å². The minimum Gasteiger partial charge on any atom is -0.468 e. The third-order valence-electron chi connectivity index (χ3n) is 6.44. The molecule has 0 bridgehead atoms. The van der Waals surface area contributed by atoms with Gasteiger partial charge in [0.15, 0.2) is 0 Å². The Balaban J connectivity index is 1.36. The van der Waals surface area contributed by atoms with Gasteiger partial charge >= 0.3 is 0 Å². The molecule has 1 amide bonds. The third kappa shape index (κ3) is 3.93. The summed E-state index contributed by atoms with van der Waals surface area (Å²) in [5.74, 6) is 2.54. The number of ether oxygens (including phenoxy) is 1. The number of hydrogen-bond donors (Lipinski definition) is 0. The van der Waals surface area contributed by atoms with Crippen molar-refractivity contribution in [2.75, 3.05) is 39.4 Å². The predicted molar refractivity (Wildman–Crippen MR) is 94.9 cm³/mol. The van der Waals surface area contributed by atoms with E-state index in [1.54, 1.807) is 13.2 Å². The van der Waals surface area contributed by atoms with Gasteiger partial charge in [-0.15, -0.1) is 0 Å². The zero-order valence-corrected chi connectivity index (χ0v) is 15.3. The highest BCUT2D eigenvalue weighted by molar-refractivity contribution is 5.73. The van der Waals surface area contributed by atoms with Gasteiger partial charge < -0.3 is 14.1 Å². The molecule has 3 fully saturated rings. The van der Waals surface area contributed by atoms with E-state index in [1.807, 2.05) is 17.0 Å². The van der Waals surface area contributed by atoms with Gasteiger partial charge in [0.25, 0.3) is 0 Å². The van der Waals surface area contributed by atoms with Crippen LogP contribution < -0.4 is 0 Å². The van der Waals surface area contributed by atoms with Crippen molar-refractivity contribution in [2.24, 2.45) is 17.3 Å². The minimum absolute atomic E-state index is 0.210. The van der Waals surface area contributed by atoms with Gasteiger partial charge in [-0.2, -0.15) is 0 Å². The van der Waals surface area contributed by atoms with E-state index in [9.17, 15) is 4.79 Å². The van der Waals surface area contributed by atoms with Crippen LogP contribution in [0.3, 0.4) is 0 Å². The number of likely N-dealkylation sites (tertiary alicyclic amines) is 2. The van der Waals surface area contributed by atoms with Crippen molar-refractivity contribution in [3.8, 4) is 0 Å². The van der Waals surface area contributed by atoms with Gasteiger partial charge in [-0.25, -0.2) is 0 Å². The second kappa shape index (κ2) is 7.12. The highest BCUT2D eigenvalue weighted by Gasteiger charge is 2.48. The fraction of sp³-hybridized carbons (Fsp3) is 0.750. The lowest BCUT2D eigenvalue weighted by molar-refractivity contribution is -0.128. The van der Waals surface area contributed by atoms with Crippen LogP contribution in [-0.2, 0) is 16.1 Å². The molecule has 4 rings (SSSR count). The fourth-order valence-corrected chi connectivity index (χ4v) is 4.51. The normalized spacial score (nSPS) is 26.4. The Morgan fingerprint density at radius 1 is 1.32 bits per heavy atom. The molecule has 2 aliphatic heterocycles. The first-order chi connectivity index (χ1) is 12.1. The zero-order valence-electron chi connectivity index (χ0n) is 15.3. The molecule has 1 aromatic heterocycles. The molecule has 1 spiro atoms. The Hall–Kier alpha value is -1.33. The summed E-state index contributed by atoms with van der Waals surface area (Å²) in [4.78, 5) is 16.5. The molecule has 0 radical (unpaired) electrons. The van der Waals surface area contributed by atoms with Crippen molar-refractivity contribution in [3.63, 3.8) is 0 Å². The van der Waals surface area contributed by atoms with Crippen molar-refractivity contribution < 1.29 is 13.9 Å². The molecule has 1 aromatic rings. The summed E-state index contributed by atoms with van der Waals surface area (Å²) in [5.41, 5.74) is 0.245. The molecule has 0 unspecified atom stereocenters. The number of hydrogen-bond acceptors (Lipinski definition) is 4. The minimum atomic E-state index is 0.210. The maximum atomic E-state index is 11.9. The van der Waals surface area contributed by atoms with Gasteiger partial charge in [0.1, 0.15) is 5.76 Å². The lowest BCUT2D eigenvalue weighted by Crippen LogP contribution is -2.45. The van der Waals surface area contributed by atoms with Crippen LogP contribution in [0.25, 0.3) is 0 Å². The number of nitrogens with zero attached hydrogens (tertiary/aromatic N) is 2. The summed E-state index contributed by atoms with van der Waals surface area (Å²) in [6.07, 6.45) is 6.70. The molecule has 25 heavy (non-hydrogen) atoms. The summed E-state index contributed by atoms with van der Waals surface area (Å²) >= 11 is 0. The highest BCUT2D eigenvalue weighted by atomic mass is 16.5. The summed E-state index contributed by atoms with van der Waals surface area (Å²) in [6, 6.07) is 4.00. The molecule has 5 heteroatoms. The quantitative estimate of drug-likeness (QED) is 0.795. The van der Waals surface area contributed by atoms with Gasteiger partial charge in [-0.3, -0.25) is 9.69 Å². The van der Waals surface area contributed by atoms with Crippen LogP contribution in [-0.4, -0.2) is 55.1 Å². The number of piperidine rings is 1. The van der Waals surface area contributed by atoms with E-state index >= 15 is 0 Å². The summed E-state index contributed by atoms with van der Waals surface area (Å²) < 4.78 is 11.5. The zero-order chi connectivity index (χ0) is 17.3. The standard InChI is InChI=1S/C20H30N2O3/c1-16(23)22-11-18(14-24-13-17-4-5-17)20(15-22)6-8-21(9-7-20)12-19-3-2-10-25-19/h2-3,10,17-18H,4-9,11-15H2,1H3/t18-/m0/s1. The van der Waals surface area contributed by atoms with Crippen molar-refractivity contribution >= 4 is 5.91 Å². The fourth-order valence-electron chi connectivity index (χ4n) is 4.51. The summed E-state index contributed by atoms with van der Waals surface area (Å²) in [7, 11) is 0. The van der Waals surface area contributed by atoms with Crippen molar-refractivity contribution in [3.05, 3.63) is 24.2 Å². The van der Waals surface area contributed by atoms with Crippen molar-refractivity contribution in [2.45, 2.75) is 39.2 Å². The molecule has 0 aromatic carbocycles. The van der Waals surface area contributed by atoms with E-state index in [4.69, 9.17) is 9.15 Å². The lowest BCUT2D eigenvalue weighted by Gasteiger charge is -2.42. The van der Waals surface area contributed by atoms with Crippen LogP contribution in [0.15, 0.2) is 22.8 Å². The molecule has 5 nitrogen and oxygen atoms in total. The van der Waals surface area contributed by atoms with Crippen LogP contribution in [0.5, 0.6) is 0 Å². The van der Waals surface area contributed by atoms with Gasteiger partial charge in [0.05, 0.1) is 19.4 Å². The lowest BCUT2D eigenvalue weighted by atomic mass is 9.71. The van der Waals surface area contributed by atoms with Gasteiger partial charge in [0, 0.05) is 32.5 Å². The average molecular weight is 346 g/mol. The van der Waals surface area contributed by atoms with E-state index < -0.39 is 0 Å². The monoisotopic (exact) mass is 346 g/mol. The number of carbonyl (C=O) groups is 1. The number of furan rings is 1. The van der Waals surface area contributed by atoms with Crippen LogP contribution in [0.1, 0.15) is 38.4 Å². The van der Waals surface area contributed by atoms with Crippen LogP contribution in [0.4, 0.5) is 0 Å². The number of rotatable bonds is 6. The molecule has 138 valence electrons. The topological polar surface area (TPSA) is 45.9 Å². The Kier molecular flexibility index (Phi) is 4.87. The second-order valence-electron chi connectivity index (χ2n) is 8.30. The van der Waals surface area contributed by atoms with E-state index in [1.165, 1.54) is 12.8 Å². The molecule has 3 heterocycles. The smallest absolute Gasteiger partial charge is 0.219 e. The van der Waals surface area contributed by atoms with Crippen molar-refractivity contribution in [1.82, 2.24) is 9.80 Å². The van der Waals surface area contributed by atoms with Gasteiger partial charge in [-0.05, 0) is 62.2 Å².